The van der Waals surface area contributed by atoms with Gasteiger partial charge in [-0.25, -0.2) is 4.39 Å². The second kappa shape index (κ2) is 9.24. The maximum atomic E-state index is 15.1. The highest BCUT2D eigenvalue weighted by molar-refractivity contribution is 8.00. The minimum absolute atomic E-state index is 0.0985. The van der Waals surface area contributed by atoms with Gasteiger partial charge in [0, 0.05) is 11.3 Å². The van der Waals surface area contributed by atoms with Gasteiger partial charge in [-0.2, -0.15) is 0 Å². The summed E-state index contributed by atoms with van der Waals surface area (Å²) in [5.41, 5.74) is 3.45. The van der Waals surface area contributed by atoms with Crippen molar-refractivity contribution in [3.63, 3.8) is 0 Å². The summed E-state index contributed by atoms with van der Waals surface area (Å²) in [4.78, 5) is 28.7. The molecule has 6 nitrogen and oxygen atoms in total. The van der Waals surface area contributed by atoms with Crippen LogP contribution in [0.15, 0.2) is 80.3 Å². The van der Waals surface area contributed by atoms with Gasteiger partial charge in [0.15, 0.2) is 9.77 Å². The van der Waals surface area contributed by atoms with Crippen LogP contribution in [0.25, 0.3) is 11.0 Å². The van der Waals surface area contributed by atoms with Gasteiger partial charge in [0.05, 0.1) is 10.9 Å². The zero-order valence-electron chi connectivity index (χ0n) is 19.9. The van der Waals surface area contributed by atoms with Crippen molar-refractivity contribution in [1.29, 1.82) is 0 Å². The summed E-state index contributed by atoms with van der Waals surface area (Å²) in [6, 6.07) is 18.5. The van der Waals surface area contributed by atoms with E-state index in [9.17, 15) is 9.59 Å². The van der Waals surface area contributed by atoms with Crippen LogP contribution in [0, 0.1) is 19.7 Å². The number of benzene rings is 3. The van der Waals surface area contributed by atoms with Gasteiger partial charge in [-0.3, -0.25) is 14.5 Å². The minimum atomic E-state index is -1.02. The van der Waals surface area contributed by atoms with E-state index < -0.39 is 17.8 Å². The van der Waals surface area contributed by atoms with Crippen LogP contribution < -0.4 is 10.3 Å². The smallest absolute Gasteiger partial charge is 0.297 e. The molecule has 1 amide bonds. The average molecular weight is 530 g/mol. The number of aryl methyl sites for hydroxylation is 2. The van der Waals surface area contributed by atoms with Crippen molar-refractivity contribution in [2.75, 3.05) is 4.90 Å². The Hall–Kier alpha value is -3.82. The molecule has 9 heteroatoms. The Morgan fingerprint density at radius 2 is 1.76 bits per heavy atom. The fourth-order valence-electron chi connectivity index (χ4n) is 4.46. The number of hydrogen-bond acceptors (Lipinski definition) is 7. The molecule has 1 aliphatic heterocycles. The van der Waals surface area contributed by atoms with Crippen LogP contribution in [0.2, 0.25) is 0 Å². The predicted molar refractivity (Wildman–Crippen MR) is 143 cm³/mol. The molecule has 0 saturated heterocycles. The third-order valence-corrected chi connectivity index (χ3v) is 8.44. The largest absolute Gasteiger partial charge is 0.450 e. The first-order valence-corrected chi connectivity index (χ1v) is 13.4. The normalized spacial score (nSPS) is 14.9. The minimum Gasteiger partial charge on any atom is -0.450 e. The molecule has 0 spiro atoms. The molecule has 3 heterocycles. The Labute approximate surface area is 219 Å². The maximum Gasteiger partial charge on any atom is 0.297 e. The summed E-state index contributed by atoms with van der Waals surface area (Å²) in [5.74, 6) is -0.488. The molecule has 1 unspecified atom stereocenters. The van der Waals surface area contributed by atoms with Crippen LogP contribution in [0.1, 0.15) is 44.4 Å². The van der Waals surface area contributed by atoms with E-state index in [0.29, 0.717) is 21.1 Å². The third kappa shape index (κ3) is 4.14. The Morgan fingerprint density at radius 1 is 1.00 bits per heavy atom. The van der Waals surface area contributed by atoms with Crippen molar-refractivity contribution in [2.24, 2.45) is 0 Å². The number of nitrogens with zero attached hydrogens (tertiary/aromatic N) is 3. The molecule has 0 fully saturated rings. The van der Waals surface area contributed by atoms with Crippen molar-refractivity contribution in [3.05, 3.63) is 116 Å². The van der Waals surface area contributed by atoms with Gasteiger partial charge in [0.1, 0.15) is 17.4 Å². The Bertz CT molecular complexity index is 1730. The first kappa shape index (κ1) is 23.6. The molecule has 0 bridgehead atoms. The lowest BCUT2D eigenvalue weighted by molar-refractivity contribution is 0.0970. The zero-order chi connectivity index (χ0) is 25.7. The highest BCUT2D eigenvalue weighted by atomic mass is 32.2. The molecular weight excluding hydrogens is 509 g/mol. The molecule has 0 saturated carbocycles. The molecule has 0 radical (unpaired) electrons. The first-order valence-electron chi connectivity index (χ1n) is 11.6. The number of anilines is 1. The summed E-state index contributed by atoms with van der Waals surface area (Å²) in [6.07, 6.45) is 0. The van der Waals surface area contributed by atoms with Gasteiger partial charge in [-0.05, 0) is 37.6 Å². The summed E-state index contributed by atoms with van der Waals surface area (Å²) in [7, 11) is 0. The van der Waals surface area contributed by atoms with E-state index in [1.165, 1.54) is 39.6 Å². The molecule has 2 aromatic heterocycles. The number of rotatable bonds is 5. The van der Waals surface area contributed by atoms with Gasteiger partial charge in [-0.1, -0.05) is 82.8 Å². The molecule has 6 rings (SSSR count). The van der Waals surface area contributed by atoms with Crippen molar-refractivity contribution in [2.45, 2.75) is 30.0 Å². The van der Waals surface area contributed by atoms with E-state index in [1.807, 2.05) is 19.9 Å². The van der Waals surface area contributed by atoms with E-state index in [1.54, 1.807) is 30.3 Å². The van der Waals surface area contributed by atoms with E-state index in [0.717, 1.165) is 11.1 Å². The molecule has 1 atom stereocenters. The lowest BCUT2D eigenvalue weighted by atomic mass is 9.98. The Morgan fingerprint density at radius 3 is 2.54 bits per heavy atom. The van der Waals surface area contributed by atoms with E-state index >= 15 is 4.39 Å². The van der Waals surface area contributed by atoms with E-state index in [4.69, 9.17) is 4.42 Å². The van der Waals surface area contributed by atoms with Crippen LogP contribution in [0.3, 0.4) is 0 Å². The van der Waals surface area contributed by atoms with Gasteiger partial charge >= 0.3 is 0 Å². The monoisotopic (exact) mass is 529 g/mol. The average Bonchev–Trinajstić information content (AvgIpc) is 3.47. The van der Waals surface area contributed by atoms with Gasteiger partial charge in [0.2, 0.25) is 10.9 Å². The third-order valence-electron chi connectivity index (χ3n) is 6.31. The fourth-order valence-corrected chi connectivity index (χ4v) is 6.29. The fraction of sp³-hybridized carbons (Fsp3) is 0.143. The second-order valence-electron chi connectivity index (χ2n) is 8.90. The van der Waals surface area contributed by atoms with Crippen molar-refractivity contribution in [3.8, 4) is 0 Å². The van der Waals surface area contributed by atoms with Crippen LogP contribution in [-0.4, -0.2) is 16.1 Å². The summed E-state index contributed by atoms with van der Waals surface area (Å²) < 4.78 is 21.7. The molecular formula is C28H20FN3O3S2. The number of carbonyl (C=O) groups excluding carboxylic acids is 1. The molecule has 3 aromatic carbocycles. The van der Waals surface area contributed by atoms with Crippen molar-refractivity contribution < 1.29 is 13.6 Å². The van der Waals surface area contributed by atoms with Gasteiger partial charge < -0.3 is 4.42 Å². The maximum absolute atomic E-state index is 15.1. The highest BCUT2D eigenvalue weighted by Gasteiger charge is 2.46. The van der Waals surface area contributed by atoms with Crippen molar-refractivity contribution >= 4 is 45.1 Å². The molecule has 0 aliphatic carbocycles. The van der Waals surface area contributed by atoms with Crippen molar-refractivity contribution in [1.82, 2.24) is 10.2 Å². The van der Waals surface area contributed by atoms with Crippen LogP contribution in [0.5, 0.6) is 0 Å². The predicted octanol–water partition coefficient (Wildman–Crippen LogP) is 6.44. The number of halogens is 1. The summed E-state index contributed by atoms with van der Waals surface area (Å²) in [6.45, 7) is 3.91. The van der Waals surface area contributed by atoms with E-state index in [2.05, 4.69) is 34.5 Å². The van der Waals surface area contributed by atoms with Gasteiger partial charge in [-0.15, -0.1) is 10.2 Å². The second-order valence-corrected chi connectivity index (χ2v) is 11.1. The zero-order valence-corrected chi connectivity index (χ0v) is 21.5. The van der Waals surface area contributed by atoms with Crippen LogP contribution in [-0.2, 0) is 5.75 Å². The number of hydrogen-bond donors (Lipinski definition) is 0. The topological polar surface area (TPSA) is 76.3 Å². The lowest BCUT2D eigenvalue weighted by Crippen LogP contribution is -2.30. The summed E-state index contributed by atoms with van der Waals surface area (Å²) >= 11 is 2.72. The van der Waals surface area contributed by atoms with Crippen LogP contribution >= 0.6 is 23.1 Å². The highest BCUT2D eigenvalue weighted by Crippen LogP contribution is 2.44. The quantitative estimate of drug-likeness (QED) is 0.193. The molecule has 37 heavy (non-hydrogen) atoms. The Kier molecular flexibility index (Phi) is 5.89. The molecule has 5 aromatic rings. The molecule has 184 valence electrons. The summed E-state index contributed by atoms with van der Waals surface area (Å²) in [5, 5.41) is 9.15. The standard InChI is InChI=1S/C28H20FN3O3S2/c1-15-7-10-17(11-8-15)14-36-28-31-30-27(37-28)32-23(18-5-3-4-6-20(18)29)22-24(33)19-13-16(2)9-12-21(19)35-25(22)26(32)34/h3-13,23H,14H2,1-2H3. The number of thioether (sulfide) groups is 1. The SMILES string of the molecule is Cc1ccc(CSc2nnc(N3C(=O)c4oc5ccc(C)cc5c(=O)c4C3c3ccccc3F)s2)cc1. The number of aromatic nitrogens is 2. The first-order chi connectivity index (χ1) is 17.9. The molecule has 0 N–H and O–H groups in total. The lowest BCUT2D eigenvalue weighted by Gasteiger charge is -2.22. The number of amides is 1. The number of carbonyl (C=O) groups is 1. The van der Waals surface area contributed by atoms with Crippen LogP contribution in [0.4, 0.5) is 9.52 Å². The Balaban J connectivity index is 1.44. The number of fused-ring (bicyclic) bond motifs is 2. The van der Waals surface area contributed by atoms with E-state index in [-0.39, 0.29) is 27.4 Å². The van der Waals surface area contributed by atoms with Gasteiger partial charge in [0.25, 0.3) is 5.91 Å². The molecule has 1 aliphatic rings.